The summed E-state index contributed by atoms with van der Waals surface area (Å²) in [4.78, 5) is 12.0. The molecule has 4 nitrogen and oxygen atoms in total. The number of nitrogens with zero attached hydrogens (tertiary/aromatic N) is 1. The van der Waals surface area contributed by atoms with Crippen molar-refractivity contribution in [3.63, 3.8) is 0 Å². The van der Waals surface area contributed by atoms with Gasteiger partial charge in [-0.3, -0.25) is 4.79 Å². The first-order valence-electron chi connectivity index (χ1n) is 3.10. The summed E-state index contributed by atoms with van der Waals surface area (Å²) in [5.74, 6) is -0.110. The molecule has 0 saturated carbocycles. The van der Waals surface area contributed by atoms with Gasteiger partial charge in [-0.05, 0) is 0 Å². The fourth-order valence-corrected chi connectivity index (χ4v) is 1.93. The van der Waals surface area contributed by atoms with Crippen molar-refractivity contribution in [3.05, 3.63) is 0 Å². The zero-order valence-electron chi connectivity index (χ0n) is 5.95. The number of halogens is 1. The molecule has 1 fully saturated rings. The van der Waals surface area contributed by atoms with Crippen molar-refractivity contribution in [2.45, 2.75) is 12.2 Å². The van der Waals surface area contributed by atoms with Crippen molar-refractivity contribution in [2.24, 2.45) is 0 Å². The van der Waals surface area contributed by atoms with E-state index >= 15 is 0 Å². The monoisotopic (exact) mass is 197 g/mol. The Morgan fingerprint density at radius 2 is 2.00 bits per heavy atom. The third kappa shape index (κ3) is 1.84. The number of amides is 1. The summed E-state index contributed by atoms with van der Waals surface area (Å²) in [7, 11) is 1.59. The molecule has 1 amide bonds. The molecular formula is C5H8ClNO3S. The van der Waals surface area contributed by atoms with E-state index in [4.69, 9.17) is 10.7 Å². The molecule has 0 N–H and O–H groups in total. The molecule has 0 bridgehead atoms. The number of carbonyl (C=O) groups is 1. The molecule has 0 spiro atoms. The van der Waals surface area contributed by atoms with Gasteiger partial charge in [0.05, 0.1) is 0 Å². The van der Waals surface area contributed by atoms with Crippen LogP contribution in [-0.4, -0.2) is 37.6 Å². The van der Waals surface area contributed by atoms with Gasteiger partial charge >= 0.3 is 0 Å². The lowest BCUT2D eigenvalue weighted by atomic mass is 10.2. The largest absolute Gasteiger partial charge is 0.340 e. The third-order valence-corrected chi connectivity index (χ3v) is 3.54. The van der Waals surface area contributed by atoms with E-state index in [2.05, 4.69) is 0 Å². The van der Waals surface area contributed by atoms with Crippen molar-refractivity contribution < 1.29 is 13.2 Å². The van der Waals surface area contributed by atoms with Crippen LogP contribution in [0.4, 0.5) is 0 Å². The van der Waals surface area contributed by atoms with E-state index in [-0.39, 0.29) is 19.0 Å². The van der Waals surface area contributed by atoms with Crippen LogP contribution < -0.4 is 0 Å². The molecule has 0 radical (unpaired) electrons. The Morgan fingerprint density at radius 1 is 1.55 bits per heavy atom. The van der Waals surface area contributed by atoms with Gasteiger partial charge < -0.3 is 4.90 Å². The molecule has 0 aromatic heterocycles. The van der Waals surface area contributed by atoms with Crippen LogP contribution in [-0.2, 0) is 13.8 Å². The number of hydrogen-bond donors (Lipinski definition) is 0. The normalized spacial score (nSPS) is 19.6. The predicted molar refractivity (Wildman–Crippen MR) is 40.8 cm³/mol. The van der Waals surface area contributed by atoms with Crippen LogP contribution in [0.2, 0.25) is 0 Å². The van der Waals surface area contributed by atoms with Crippen LogP contribution in [0.1, 0.15) is 6.92 Å². The topological polar surface area (TPSA) is 54.5 Å². The molecule has 1 heterocycles. The van der Waals surface area contributed by atoms with Crippen LogP contribution in [0.25, 0.3) is 0 Å². The second-order valence-corrected chi connectivity index (χ2v) is 5.43. The van der Waals surface area contributed by atoms with Gasteiger partial charge in [-0.25, -0.2) is 8.42 Å². The lowest BCUT2D eigenvalue weighted by Crippen LogP contribution is -2.55. The van der Waals surface area contributed by atoms with E-state index in [0.717, 1.165) is 0 Å². The lowest BCUT2D eigenvalue weighted by molar-refractivity contribution is -0.131. The minimum Gasteiger partial charge on any atom is -0.340 e. The van der Waals surface area contributed by atoms with Crippen LogP contribution in [0, 0.1) is 0 Å². The highest BCUT2D eigenvalue weighted by Gasteiger charge is 2.37. The van der Waals surface area contributed by atoms with Crippen molar-refractivity contribution in [3.8, 4) is 0 Å². The second kappa shape index (κ2) is 2.64. The average Bonchev–Trinajstić information content (AvgIpc) is 1.51. The Kier molecular flexibility index (Phi) is 2.11. The van der Waals surface area contributed by atoms with E-state index in [1.807, 2.05) is 0 Å². The molecule has 0 aromatic carbocycles. The van der Waals surface area contributed by atoms with E-state index < -0.39 is 14.3 Å². The van der Waals surface area contributed by atoms with E-state index in [1.54, 1.807) is 0 Å². The molecule has 64 valence electrons. The SMILES string of the molecule is CC(=O)N1CC(S(=O)(=O)Cl)C1. The molecule has 1 aliphatic heterocycles. The zero-order chi connectivity index (χ0) is 8.65. The van der Waals surface area contributed by atoms with E-state index in [1.165, 1.54) is 11.8 Å². The number of carbonyl (C=O) groups excluding carboxylic acids is 1. The number of likely N-dealkylation sites (tertiary alicyclic amines) is 1. The summed E-state index contributed by atoms with van der Waals surface area (Å²) in [5.41, 5.74) is 0. The Bertz CT molecular complexity index is 267. The van der Waals surface area contributed by atoms with E-state index in [9.17, 15) is 13.2 Å². The fourth-order valence-electron chi connectivity index (χ4n) is 0.873. The molecule has 1 rings (SSSR count). The summed E-state index contributed by atoms with van der Waals surface area (Å²) >= 11 is 0. The summed E-state index contributed by atoms with van der Waals surface area (Å²) in [5, 5.41) is -0.562. The van der Waals surface area contributed by atoms with Gasteiger partial charge in [-0.15, -0.1) is 0 Å². The van der Waals surface area contributed by atoms with Crippen LogP contribution >= 0.6 is 10.7 Å². The number of rotatable bonds is 1. The maximum atomic E-state index is 10.6. The van der Waals surface area contributed by atoms with Crippen LogP contribution in [0.5, 0.6) is 0 Å². The molecule has 6 heteroatoms. The van der Waals surface area contributed by atoms with Gasteiger partial charge in [0.15, 0.2) is 0 Å². The zero-order valence-corrected chi connectivity index (χ0v) is 7.52. The Hall–Kier alpha value is -0.290. The van der Waals surface area contributed by atoms with Crippen molar-refractivity contribution in [1.29, 1.82) is 0 Å². The van der Waals surface area contributed by atoms with Gasteiger partial charge in [0.1, 0.15) is 5.25 Å². The molecule has 11 heavy (non-hydrogen) atoms. The summed E-state index contributed by atoms with van der Waals surface area (Å²) < 4.78 is 21.2. The Morgan fingerprint density at radius 3 is 2.27 bits per heavy atom. The van der Waals surface area contributed by atoms with Crippen LogP contribution in [0.3, 0.4) is 0 Å². The van der Waals surface area contributed by atoms with Gasteiger partial charge in [0.2, 0.25) is 15.0 Å². The van der Waals surface area contributed by atoms with Crippen molar-refractivity contribution >= 4 is 25.6 Å². The quantitative estimate of drug-likeness (QED) is 0.547. The first kappa shape index (κ1) is 8.80. The number of hydrogen-bond acceptors (Lipinski definition) is 3. The summed E-state index contributed by atoms with van der Waals surface area (Å²) in [6.45, 7) is 1.87. The molecule has 0 unspecified atom stereocenters. The maximum Gasteiger partial charge on any atom is 0.238 e. The first-order valence-corrected chi connectivity index (χ1v) is 5.47. The standard InChI is InChI=1S/C5H8ClNO3S/c1-4(8)7-2-5(3-7)11(6,9)10/h5H,2-3H2,1H3. The summed E-state index contributed by atoms with van der Waals surface area (Å²) in [6, 6.07) is 0. The minimum absolute atomic E-state index is 0.110. The summed E-state index contributed by atoms with van der Waals surface area (Å²) in [6.07, 6.45) is 0. The highest BCUT2D eigenvalue weighted by molar-refractivity contribution is 8.14. The van der Waals surface area contributed by atoms with Gasteiger partial charge in [0.25, 0.3) is 0 Å². The predicted octanol–water partition coefficient (Wildman–Crippen LogP) is -0.214. The van der Waals surface area contributed by atoms with E-state index in [0.29, 0.717) is 0 Å². The van der Waals surface area contributed by atoms with Crippen molar-refractivity contribution in [1.82, 2.24) is 4.90 Å². The Balaban J connectivity index is 2.48. The molecule has 1 aliphatic rings. The molecule has 0 aliphatic carbocycles. The minimum atomic E-state index is -3.45. The lowest BCUT2D eigenvalue weighted by Gasteiger charge is -2.36. The molecular weight excluding hydrogens is 190 g/mol. The molecule has 1 saturated heterocycles. The highest BCUT2D eigenvalue weighted by Crippen LogP contribution is 2.18. The maximum absolute atomic E-state index is 10.6. The fraction of sp³-hybridized carbons (Fsp3) is 0.800. The van der Waals surface area contributed by atoms with Gasteiger partial charge in [0, 0.05) is 30.7 Å². The van der Waals surface area contributed by atoms with Crippen molar-refractivity contribution in [2.75, 3.05) is 13.1 Å². The highest BCUT2D eigenvalue weighted by atomic mass is 35.7. The molecule has 0 atom stereocenters. The smallest absolute Gasteiger partial charge is 0.238 e. The first-order chi connectivity index (χ1) is 4.91. The van der Waals surface area contributed by atoms with Crippen LogP contribution in [0.15, 0.2) is 0 Å². The second-order valence-electron chi connectivity index (χ2n) is 2.52. The van der Waals surface area contributed by atoms with Gasteiger partial charge in [-0.1, -0.05) is 0 Å². The average molecular weight is 198 g/mol. The third-order valence-electron chi connectivity index (χ3n) is 1.69. The van der Waals surface area contributed by atoms with Gasteiger partial charge in [-0.2, -0.15) is 0 Å². The molecule has 0 aromatic rings. The Labute approximate surface area is 69.5 Å².